The van der Waals surface area contributed by atoms with Crippen molar-refractivity contribution in [1.82, 2.24) is 5.32 Å². The van der Waals surface area contributed by atoms with E-state index >= 15 is 0 Å². The fourth-order valence-electron chi connectivity index (χ4n) is 2.76. The Morgan fingerprint density at radius 1 is 1.16 bits per heavy atom. The van der Waals surface area contributed by atoms with Crippen LogP contribution in [0, 0.1) is 13.8 Å². The van der Waals surface area contributed by atoms with Gasteiger partial charge in [-0.15, -0.1) is 0 Å². The molecule has 0 unspecified atom stereocenters. The molecule has 0 saturated carbocycles. The summed E-state index contributed by atoms with van der Waals surface area (Å²) in [6.07, 6.45) is 2.08. The third kappa shape index (κ3) is 4.55. The van der Waals surface area contributed by atoms with Crippen molar-refractivity contribution < 1.29 is 14.1 Å². The Morgan fingerprint density at radius 2 is 1.64 bits per heavy atom. The number of aryl methyl sites for hydroxylation is 2. The van der Waals surface area contributed by atoms with Crippen LogP contribution >= 0.6 is 15.9 Å². The molecule has 1 aliphatic heterocycles. The molecule has 0 spiro atoms. The van der Waals surface area contributed by atoms with Crippen LogP contribution in [-0.2, 0) is 14.1 Å². The van der Waals surface area contributed by atoms with Gasteiger partial charge in [0.1, 0.15) is 0 Å². The molecule has 25 heavy (non-hydrogen) atoms. The summed E-state index contributed by atoms with van der Waals surface area (Å²) in [6, 6.07) is 4.16. The van der Waals surface area contributed by atoms with Gasteiger partial charge >= 0.3 is 7.12 Å². The Labute approximate surface area is 159 Å². The minimum Gasteiger partial charge on any atom is -0.400 e. The highest BCUT2D eigenvalue weighted by molar-refractivity contribution is 9.10. The molecule has 0 bridgehead atoms. The van der Waals surface area contributed by atoms with E-state index in [1.165, 1.54) is 6.92 Å². The monoisotopic (exact) mass is 407 g/mol. The lowest BCUT2D eigenvalue weighted by Gasteiger charge is -2.32. The Morgan fingerprint density at radius 3 is 2.08 bits per heavy atom. The third-order valence-corrected chi connectivity index (χ3v) is 5.44. The lowest BCUT2D eigenvalue weighted by Crippen LogP contribution is -2.41. The molecule has 1 amide bonds. The molecule has 1 aliphatic rings. The zero-order valence-corrected chi connectivity index (χ0v) is 17.7. The molecule has 1 saturated heterocycles. The highest BCUT2D eigenvalue weighted by atomic mass is 79.9. The highest BCUT2D eigenvalue weighted by Gasteiger charge is 2.52. The summed E-state index contributed by atoms with van der Waals surface area (Å²) in [5, 5.41) is 2.87. The van der Waals surface area contributed by atoms with Gasteiger partial charge in [0.25, 0.3) is 0 Å². The van der Waals surface area contributed by atoms with E-state index in [2.05, 4.69) is 53.3 Å². The summed E-state index contributed by atoms with van der Waals surface area (Å²) in [6.45, 7) is 14.2. The van der Waals surface area contributed by atoms with Gasteiger partial charge in [0.15, 0.2) is 0 Å². The second kappa shape index (κ2) is 7.26. The molecule has 1 aromatic rings. The number of carbonyl (C=O) groups is 1. The molecule has 136 valence electrons. The van der Waals surface area contributed by atoms with Crippen molar-refractivity contribution in [2.45, 2.75) is 59.7 Å². The predicted molar refractivity (Wildman–Crippen MR) is 106 cm³/mol. The fourth-order valence-corrected chi connectivity index (χ4v) is 3.45. The number of halogens is 1. The van der Waals surface area contributed by atoms with Crippen molar-refractivity contribution >= 4 is 35.0 Å². The first-order chi connectivity index (χ1) is 11.4. The molecule has 0 aliphatic carbocycles. The van der Waals surface area contributed by atoms with Crippen LogP contribution < -0.4 is 5.32 Å². The normalized spacial score (nSPS) is 19.2. The average molecular weight is 408 g/mol. The topological polar surface area (TPSA) is 47.6 Å². The molecule has 2 rings (SSSR count). The zero-order valence-electron chi connectivity index (χ0n) is 16.1. The molecule has 1 heterocycles. The van der Waals surface area contributed by atoms with Gasteiger partial charge in [-0.1, -0.05) is 22.0 Å². The lowest BCUT2D eigenvalue weighted by atomic mass is 9.76. The zero-order chi connectivity index (χ0) is 19.0. The van der Waals surface area contributed by atoms with Crippen LogP contribution in [0.25, 0.3) is 6.08 Å². The minimum atomic E-state index is -0.487. The number of benzene rings is 1. The molecule has 1 fully saturated rings. The molecule has 1 aromatic carbocycles. The van der Waals surface area contributed by atoms with Crippen molar-refractivity contribution in [1.29, 1.82) is 0 Å². The van der Waals surface area contributed by atoms with Gasteiger partial charge in [-0.05, 0) is 75.8 Å². The van der Waals surface area contributed by atoms with E-state index in [9.17, 15) is 4.79 Å². The quantitative estimate of drug-likeness (QED) is 0.760. The second-order valence-electron chi connectivity index (χ2n) is 7.67. The Bertz CT molecular complexity index is 674. The van der Waals surface area contributed by atoms with E-state index in [4.69, 9.17) is 9.31 Å². The Kier molecular flexibility index (Phi) is 5.86. The fraction of sp³-hybridized carbons (Fsp3) is 0.526. The van der Waals surface area contributed by atoms with Crippen LogP contribution in [0.4, 0.5) is 0 Å². The average Bonchev–Trinajstić information content (AvgIpc) is 2.65. The summed E-state index contributed by atoms with van der Waals surface area (Å²) >= 11 is 3.53. The van der Waals surface area contributed by atoms with E-state index in [0.29, 0.717) is 6.54 Å². The van der Waals surface area contributed by atoms with Gasteiger partial charge < -0.3 is 14.6 Å². The van der Waals surface area contributed by atoms with Crippen LogP contribution in [0.3, 0.4) is 0 Å². The largest absolute Gasteiger partial charge is 0.492 e. The Balaban J connectivity index is 2.42. The molecule has 4 nitrogen and oxygen atoms in total. The van der Waals surface area contributed by atoms with Crippen LogP contribution in [0.1, 0.15) is 51.3 Å². The minimum absolute atomic E-state index is 0.0772. The number of hydrogen-bond donors (Lipinski definition) is 1. The van der Waals surface area contributed by atoms with Gasteiger partial charge in [0.2, 0.25) is 5.91 Å². The summed E-state index contributed by atoms with van der Waals surface area (Å²) < 4.78 is 13.4. The predicted octanol–water partition coefficient (Wildman–Crippen LogP) is 4.22. The third-order valence-electron chi connectivity index (χ3n) is 4.99. The molecule has 0 aromatic heterocycles. The maximum Gasteiger partial charge on any atom is 0.492 e. The molecule has 6 heteroatoms. The van der Waals surface area contributed by atoms with Crippen molar-refractivity contribution in [2.75, 3.05) is 6.54 Å². The molecule has 0 radical (unpaired) electrons. The van der Waals surface area contributed by atoms with Crippen LogP contribution in [0.15, 0.2) is 22.1 Å². The van der Waals surface area contributed by atoms with E-state index in [1.54, 1.807) is 0 Å². The summed E-state index contributed by atoms with van der Waals surface area (Å²) in [5.74, 6) is -0.0772. The van der Waals surface area contributed by atoms with Crippen LogP contribution in [-0.4, -0.2) is 30.8 Å². The van der Waals surface area contributed by atoms with Gasteiger partial charge in [0.05, 0.1) is 11.2 Å². The van der Waals surface area contributed by atoms with E-state index in [0.717, 1.165) is 26.6 Å². The summed E-state index contributed by atoms with van der Waals surface area (Å²) in [7, 11) is -0.487. The molecule has 1 N–H and O–H groups in total. The van der Waals surface area contributed by atoms with Gasteiger partial charge in [0, 0.05) is 17.9 Å². The van der Waals surface area contributed by atoms with Gasteiger partial charge in [-0.25, -0.2) is 0 Å². The standard InChI is InChI=1S/C19H27BBrNO3/c1-12-8-16(21)9-13(2)17(12)10-15(11-22-14(3)23)20-24-18(4,5)19(6,7)25-20/h8-10H,11H2,1-7H3,(H,22,23). The molecular formula is C19H27BBrNO3. The number of hydrogen-bond acceptors (Lipinski definition) is 3. The molecule has 0 atom stereocenters. The van der Waals surface area contributed by atoms with Gasteiger partial charge in [-0.2, -0.15) is 0 Å². The maximum absolute atomic E-state index is 11.4. The van der Waals surface area contributed by atoms with Crippen molar-refractivity contribution in [3.05, 3.63) is 38.8 Å². The van der Waals surface area contributed by atoms with Crippen molar-refractivity contribution in [2.24, 2.45) is 0 Å². The van der Waals surface area contributed by atoms with Crippen molar-refractivity contribution in [3.63, 3.8) is 0 Å². The van der Waals surface area contributed by atoms with Crippen LogP contribution in [0.5, 0.6) is 0 Å². The first kappa shape index (κ1) is 20.2. The van der Waals surface area contributed by atoms with E-state index in [1.807, 2.05) is 27.7 Å². The van der Waals surface area contributed by atoms with E-state index in [-0.39, 0.29) is 5.91 Å². The second-order valence-corrected chi connectivity index (χ2v) is 8.59. The number of rotatable bonds is 4. The lowest BCUT2D eigenvalue weighted by molar-refractivity contribution is -0.118. The SMILES string of the molecule is CC(=O)NCC(=Cc1c(C)cc(Br)cc1C)B1OC(C)(C)C(C)(C)O1. The van der Waals surface area contributed by atoms with Crippen LogP contribution in [0.2, 0.25) is 0 Å². The number of amides is 1. The summed E-state index contributed by atoms with van der Waals surface area (Å²) in [4.78, 5) is 11.4. The van der Waals surface area contributed by atoms with Gasteiger partial charge in [-0.3, -0.25) is 4.79 Å². The maximum atomic E-state index is 11.4. The van der Waals surface area contributed by atoms with E-state index < -0.39 is 18.3 Å². The first-order valence-corrected chi connectivity index (χ1v) is 9.29. The van der Waals surface area contributed by atoms with Crippen molar-refractivity contribution in [3.8, 4) is 0 Å². The highest BCUT2D eigenvalue weighted by Crippen LogP contribution is 2.39. The summed E-state index contributed by atoms with van der Waals surface area (Å²) in [5.41, 5.74) is 3.50. The smallest absolute Gasteiger partial charge is 0.400 e. The first-order valence-electron chi connectivity index (χ1n) is 8.50. The molecular weight excluding hydrogens is 381 g/mol. The number of carbonyl (C=O) groups excluding carboxylic acids is 1. The Hall–Kier alpha value is -1.11. The number of nitrogens with one attached hydrogen (secondary N) is 1.